The molecule has 0 aromatic heterocycles. The van der Waals surface area contributed by atoms with Gasteiger partial charge >= 0.3 is 0 Å². The van der Waals surface area contributed by atoms with Crippen molar-refractivity contribution in [2.45, 2.75) is 59.2 Å². The Morgan fingerprint density at radius 2 is 1.25 bits per heavy atom. The third-order valence-electron chi connectivity index (χ3n) is 6.99. The lowest BCUT2D eigenvalue weighted by Gasteiger charge is -2.30. The molecule has 0 spiro atoms. The minimum Gasteiger partial charge on any atom is -0.348 e. The van der Waals surface area contributed by atoms with Crippen molar-refractivity contribution in [1.29, 1.82) is 0 Å². The number of hydrogen-bond acceptors (Lipinski definition) is 3. The minimum absolute atomic E-state index is 0.00507. The largest absolute Gasteiger partial charge is 0.348 e. The van der Waals surface area contributed by atoms with E-state index in [0.29, 0.717) is 6.54 Å². The van der Waals surface area contributed by atoms with Crippen molar-refractivity contribution in [1.82, 2.24) is 15.1 Å². The summed E-state index contributed by atoms with van der Waals surface area (Å²) in [5.41, 5.74) is 4.52. The van der Waals surface area contributed by atoms with E-state index in [-0.39, 0.29) is 5.91 Å². The highest BCUT2D eigenvalue weighted by Gasteiger charge is 2.17. The molecule has 172 valence electrons. The molecule has 2 aromatic rings. The van der Waals surface area contributed by atoms with E-state index in [4.69, 9.17) is 0 Å². The molecule has 2 heterocycles. The molecule has 2 aliphatic heterocycles. The van der Waals surface area contributed by atoms with Crippen LogP contribution in [0.25, 0.3) is 0 Å². The van der Waals surface area contributed by atoms with Crippen molar-refractivity contribution in [3.63, 3.8) is 0 Å². The van der Waals surface area contributed by atoms with Crippen LogP contribution in [0.1, 0.15) is 66.6 Å². The fourth-order valence-electron chi connectivity index (χ4n) is 5.19. The van der Waals surface area contributed by atoms with E-state index >= 15 is 0 Å². The van der Waals surface area contributed by atoms with Crippen LogP contribution >= 0.6 is 0 Å². The summed E-state index contributed by atoms with van der Waals surface area (Å²) < 4.78 is 0. The number of amides is 1. The maximum absolute atomic E-state index is 12.6. The second kappa shape index (κ2) is 11.1. The van der Waals surface area contributed by atoms with Crippen LogP contribution in [-0.2, 0) is 19.6 Å². The molecule has 32 heavy (non-hydrogen) atoms. The highest BCUT2D eigenvalue weighted by atomic mass is 16.1. The van der Waals surface area contributed by atoms with Crippen molar-refractivity contribution >= 4 is 5.91 Å². The zero-order valence-corrected chi connectivity index (χ0v) is 19.9. The number of nitrogens with one attached hydrogen (secondary N) is 1. The number of carbonyl (C=O) groups excluding carboxylic acids is 1. The molecule has 2 atom stereocenters. The first-order valence-electron chi connectivity index (χ1n) is 12.4. The Kier molecular flexibility index (Phi) is 7.99. The van der Waals surface area contributed by atoms with E-state index in [2.05, 4.69) is 65.4 Å². The molecule has 1 amide bonds. The summed E-state index contributed by atoms with van der Waals surface area (Å²) in [4.78, 5) is 17.7. The molecule has 2 aliphatic rings. The van der Waals surface area contributed by atoms with Gasteiger partial charge in [-0.25, -0.2) is 0 Å². The number of nitrogens with zero attached hydrogens (tertiary/aromatic N) is 2. The second-order valence-corrected chi connectivity index (χ2v) is 10.2. The summed E-state index contributed by atoms with van der Waals surface area (Å²) >= 11 is 0. The Hall–Kier alpha value is -2.17. The van der Waals surface area contributed by atoms with Crippen molar-refractivity contribution in [3.8, 4) is 0 Å². The lowest BCUT2D eigenvalue weighted by Crippen LogP contribution is -2.33. The van der Waals surface area contributed by atoms with E-state index in [1.807, 2.05) is 12.1 Å². The predicted molar refractivity (Wildman–Crippen MR) is 131 cm³/mol. The molecule has 1 N–H and O–H groups in total. The smallest absolute Gasteiger partial charge is 0.251 e. The van der Waals surface area contributed by atoms with E-state index in [9.17, 15) is 4.79 Å². The van der Waals surface area contributed by atoms with Gasteiger partial charge in [0.15, 0.2) is 0 Å². The van der Waals surface area contributed by atoms with Crippen LogP contribution in [0, 0.1) is 11.8 Å². The quantitative estimate of drug-likeness (QED) is 0.661. The molecule has 0 bridgehead atoms. The lowest BCUT2D eigenvalue weighted by molar-refractivity contribution is 0.0951. The van der Waals surface area contributed by atoms with Gasteiger partial charge < -0.3 is 5.32 Å². The molecule has 4 nitrogen and oxygen atoms in total. The average molecular weight is 434 g/mol. The number of carbonyl (C=O) groups is 1. The fraction of sp³-hybridized carbons (Fsp3) is 0.536. The Morgan fingerprint density at radius 3 is 1.75 bits per heavy atom. The van der Waals surface area contributed by atoms with E-state index < -0.39 is 0 Å². The SMILES string of the molecule is CC1CCCN(Cc2ccc(CNC(=O)c3ccc(CN4CCCC(C)C4)cc3)cc2)C1. The molecule has 2 unspecified atom stereocenters. The van der Waals surface area contributed by atoms with Gasteiger partial charge in [-0.3, -0.25) is 14.6 Å². The monoisotopic (exact) mass is 433 g/mol. The Labute approximate surface area is 194 Å². The topological polar surface area (TPSA) is 35.6 Å². The molecule has 0 radical (unpaired) electrons. The van der Waals surface area contributed by atoms with Crippen LogP contribution in [0.4, 0.5) is 0 Å². The molecule has 4 heteroatoms. The van der Waals surface area contributed by atoms with Gasteiger partial charge in [-0.05, 0) is 79.4 Å². The third-order valence-corrected chi connectivity index (χ3v) is 6.99. The van der Waals surface area contributed by atoms with Crippen LogP contribution in [0.5, 0.6) is 0 Å². The van der Waals surface area contributed by atoms with Crippen LogP contribution < -0.4 is 5.32 Å². The molecular formula is C28H39N3O. The summed E-state index contributed by atoms with van der Waals surface area (Å²) in [5, 5.41) is 3.07. The van der Waals surface area contributed by atoms with Crippen LogP contribution in [-0.4, -0.2) is 41.9 Å². The molecule has 0 saturated carbocycles. The van der Waals surface area contributed by atoms with Gasteiger partial charge in [0.25, 0.3) is 5.91 Å². The van der Waals surface area contributed by atoms with Gasteiger partial charge in [-0.2, -0.15) is 0 Å². The highest BCUT2D eigenvalue weighted by molar-refractivity contribution is 5.94. The number of likely N-dealkylation sites (tertiary alicyclic amines) is 2. The molecule has 2 aromatic carbocycles. The Balaban J connectivity index is 1.23. The summed E-state index contributed by atoms with van der Waals surface area (Å²) in [7, 11) is 0. The summed E-state index contributed by atoms with van der Waals surface area (Å²) in [6.07, 6.45) is 5.30. The van der Waals surface area contributed by atoms with Crippen molar-refractivity contribution in [3.05, 3.63) is 70.8 Å². The average Bonchev–Trinajstić information content (AvgIpc) is 2.79. The Morgan fingerprint density at radius 1 is 0.781 bits per heavy atom. The summed E-state index contributed by atoms with van der Waals surface area (Å²) in [6, 6.07) is 16.8. The van der Waals surface area contributed by atoms with E-state index in [1.165, 1.54) is 63.0 Å². The number of hydrogen-bond donors (Lipinski definition) is 1. The van der Waals surface area contributed by atoms with Gasteiger partial charge in [-0.1, -0.05) is 50.2 Å². The van der Waals surface area contributed by atoms with Crippen molar-refractivity contribution < 1.29 is 4.79 Å². The third kappa shape index (κ3) is 6.66. The first-order valence-corrected chi connectivity index (χ1v) is 12.4. The summed E-state index contributed by atoms with van der Waals surface area (Å²) in [6.45, 7) is 12.0. The fourth-order valence-corrected chi connectivity index (χ4v) is 5.19. The standard InChI is InChI=1S/C28H39N3O/c1-22-5-3-15-30(18-22)20-25-9-7-24(8-10-25)17-29-28(32)27-13-11-26(12-14-27)21-31-16-4-6-23(2)19-31/h7-14,22-23H,3-6,15-21H2,1-2H3,(H,29,32). The van der Waals surface area contributed by atoms with Crippen LogP contribution in [0.3, 0.4) is 0 Å². The predicted octanol–water partition coefficient (Wildman–Crippen LogP) is 5.08. The first kappa shape index (κ1) is 23.0. The molecule has 2 saturated heterocycles. The van der Waals surface area contributed by atoms with Crippen molar-refractivity contribution in [2.75, 3.05) is 26.2 Å². The molecular weight excluding hydrogens is 394 g/mol. The maximum atomic E-state index is 12.6. The van der Waals surface area contributed by atoms with Gasteiger partial charge in [0.05, 0.1) is 0 Å². The molecule has 2 fully saturated rings. The normalized spacial score (nSPS) is 22.6. The zero-order valence-electron chi connectivity index (χ0n) is 19.9. The summed E-state index contributed by atoms with van der Waals surface area (Å²) in [5.74, 6) is 1.59. The second-order valence-electron chi connectivity index (χ2n) is 10.2. The first-order chi connectivity index (χ1) is 15.5. The number of benzene rings is 2. The van der Waals surface area contributed by atoms with Gasteiger partial charge in [0.2, 0.25) is 0 Å². The van der Waals surface area contributed by atoms with Crippen LogP contribution in [0.2, 0.25) is 0 Å². The van der Waals surface area contributed by atoms with Gasteiger partial charge in [0, 0.05) is 38.3 Å². The molecule has 4 rings (SSSR count). The highest BCUT2D eigenvalue weighted by Crippen LogP contribution is 2.19. The maximum Gasteiger partial charge on any atom is 0.251 e. The van der Waals surface area contributed by atoms with E-state index in [1.54, 1.807) is 0 Å². The molecule has 0 aliphatic carbocycles. The minimum atomic E-state index is -0.00507. The van der Waals surface area contributed by atoms with Crippen molar-refractivity contribution in [2.24, 2.45) is 11.8 Å². The van der Waals surface area contributed by atoms with Gasteiger partial charge in [0.1, 0.15) is 0 Å². The Bertz CT molecular complexity index is 861. The number of rotatable bonds is 7. The lowest BCUT2D eigenvalue weighted by atomic mass is 9.99. The number of piperidine rings is 2. The van der Waals surface area contributed by atoms with Crippen LogP contribution in [0.15, 0.2) is 48.5 Å². The zero-order chi connectivity index (χ0) is 22.3. The van der Waals surface area contributed by atoms with Gasteiger partial charge in [-0.15, -0.1) is 0 Å². The van der Waals surface area contributed by atoms with E-state index in [0.717, 1.165) is 36.1 Å².